The first kappa shape index (κ1) is 24.2. The Morgan fingerprint density at radius 3 is 2.75 bits per heavy atom. The molecule has 2 bridgehead atoms. The third-order valence-corrected chi connectivity index (χ3v) is 9.12. The Kier molecular flexibility index (Phi) is 7.35. The second kappa shape index (κ2) is 9.73. The highest BCUT2D eigenvalue weighted by molar-refractivity contribution is 7.95. The van der Waals surface area contributed by atoms with Gasteiger partial charge in [-0.2, -0.15) is 0 Å². The van der Waals surface area contributed by atoms with E-state index in [4.69, 9.17) is 8.92 Å². The van der Waals surface area contributed by atoms with Crippen molar-refractivity contribution < 1.29 is 19.1 Å². The van der Waals surface area contributed by atoms with Gasteiger partial charge in [-0.15, -0.1) is 0 Å². The lowest BCUT2D eigenvalue weighted by Crippen LogP contribution is -2.70. The summed E-state index contributed by atoms with van der Waals surface area (Å²) in [6, 6.07) is 4.13. The van der Waals surface area contributed by atoms with E-state index in [1.165, 1.54) is 36.9 Å². The van der Waals surface area contributed by atoms with Gasteiger partial charge in [0, 0.05) is 30.7 Å². The van der Waals surface area contributed by atoms with Gasteiger partial charge in [-0.3, -0.25) is 4.90 Å². The maximum absolute atomic E-state index is 12.1. The van der Waals surface area contributed by atoms with Crippen LogP contribution in [-0.2, 0) is 16.6 Å². The lowest BCUT2D eigenvalue weighted by atomic mass is 9.53. The Labute approximate surface area is 198 Å². The summed E-state index contributed by atoms with van der Waals surface area (Å²) in [5.41, 5.74) is 0.789. The number of phenolic OH excluding ortho intramolecular Hbond substituents is 1. The number of aromatic hydroxyl groups is 1. The largest absolute Gasteiger partial charge is 0.504 e. The summed E-state index contributed by atoms with van der Waals surface area (Å²) in [6.07, 6.45) is 8.65. The molecule has 0 spiro atoms. The molecular weight excluding hydrogens is 422 g/mol. The first-order valence-electron chi connectivity index (χ1n) is 12.5. The van der Waals surface area contributed by atoms with Crippen LogP contribution in [0.4, 0.5) is 0 Å². The van der Waals surface area contributed by atoms with Crippen LogP contribution in [0, 0.1) is 5.92 Å². The standard InChI is InChI=1S/C26H41NO4S/c1-5-6-12-26-13-14-27(16-19-8-7-9-19)22(25(26,3)29)15-20-10-11-21(24(28)23(20)26)31-32-18(2)17-30-4/h10-11,18-19,22,28-29H,5-9,12-17H2,1-4H3. The molecular formula is C26H41NO4S. The van der Waals surface area contributed by atoms with Crippen LogP contribution < -0.4 is 4.18 Å². The van der Waals surface area contributed by atoms with Crippen LogP contribution in [-0.4, -0.2) is 58.8 Å². The highest BCUT2D eigenvalue weighted by Crippen LogP contribution is 2.58. The zero-order chi connectivity index (χ0) is 22.9. The number of benzene rings is 1. The number of unbranched alkanes of at least 4 members (excludes halogenated alkanes) is 1. The molecule has 1 heterocycles. The number of likely N-dealkylation sites (tertiary alicyclic amines) is 1. The van der Waals surface area contributed by atoms with Crippen molar-refractivity contribution in [2.24, 2.45) is 5.92 Å². The molecule has 2 aliphatic carbocycles. The molecule has 1 aromatic carbocycles. The number of ether oxygens (including phenoxy) is 1. The highest BCUT2D eigenvalue weighted by atomic mass is 32.2. The third-order valence-electron chi connectivity index (χ3n) is 8.38. The van der Waals surface area contributed by atoms with Crippen LogP contribution in [0.15, 0.2) is 12.1 Å². The van der Waals surface area contributed by atoms with E-state index in [0.717, 1.165) is 56.7 Å². The summed E-state index contributed by atoms with van der Waals surface area (Å²) in [5.74, 6) is 1.51. The molecule has 1 saturated heterocycles. The monoisotopic (exact) mass is 463 g/mol. The topological polar surface area (TPSA) is 62.2 Å². The van der Waals surface area contributed by atoms with Gasteiger partial charge in [0.1, 0.15) is 0 Å². The lowest BCUT2D eigenvalue weighted by molar-refractivity contribution is -0.142. The number of hydrogen-bond donors (Lipinski definition) is 2. The molecule has 3 aliphatic rings. The Bertz CT molecular complexity index is 796. The van der Waals surface area contributed by atoms with Crippen molar-refractivity contribution in [2.45, 2.75) is 94.4 Å². The number of methoxy groups -OCH3 is 1. The summed E-state index contributed by atoms with van der Waals surface area (Å²) in [4.78, 5) is 2.56. The first-order chi connectivity index (χ1) is 15.3. The van der Waals surface area contributed by atoms with Crippen LogP contribution in [0.1, 0.15) is 76.8 Å². The van der Waals surface area contributed by atoms with Gasteiger partial charge in [0.2, 0.25) is 0 Å². The molecule has 5 nitrogen and oxygen atoms in total. The molecule has 4 unspecified atom stereocenters. The quantitative estimate of drug-likeness (QED) is 0.473. The molecule has 0 aromatic heterocycles. The van der Waals surface area contributed by atoms with Crippen molar-refractivity contribution in [3.05, 3.63) is 23.3 Å². The SMILES string of the molecule is CCCCC12CCN(CC3CCC3)C(Cc3ccc(OSC(C)COC)c(O)c31)C2(C)O. The van der Waals surface area contributed by atoms with Crippen LogP contribution in [0.25, 0.3) is 0 Å². The summed E-state index contributed by atoms with van der Waals surface area (Å²) in [7, 11) is 1.68. The molecule has 32 heavy (non-hydrogen) atoms. The van der Waals surface area contributed by atoms with Gasteiger partial charge in [0.15, 0.2) is 11.5 Å². The third kappa shape index (κ3) is 4.17. The van der Waals surface area contributed by atoms with Crippen LogP contribution in [0.2, 0.25) is 0 Å². The van der Waals surface area contributed by atoms with Crippen molar-refractivity contribution in [3.63, 3.8) is 0 Å². The molecule has 0 amide bonds. The van der Waals surface area contributed by atoms with Gasteiger partial charge in [0.05, 0.1) is 29.5 Å². The average molecular weight is 464 g/mol. The minimum absolute atomic E-state index is 0.100. The van der Waals surface area contributed by atoms with Crippen molar-refractivity contribution in [1.29, 1.82) is 0 Å². The van der Waals surface area contributed by atoms with E-state index in [2.05, 4.69) is 17.9 Å². The Balaban J connectivity index is 1.69. The van der Waals surface area contributed by atoms with E-state index in [9.17, 15) is 10.2 Å². The number of hydrogen-bond acceptors (Lipinski definition) is 6. The highest BCUT2D eigenvalue weighted by Gasteiger charge is 2.61. The zero-order valence-corrected chi connectivity index (χ0v) is 21.0. The zero-order valence-electron chi connectivity index (χ0n) is 20.2. The second-order valence-corrected chi connectivity index (χ2v) is 11.7. The van der Waals surface area contributed by atoms with Gasteiger partial charge >= 0.3 is 0 Å². The predicted octanol–water partition coefficient (Wildman–Crippen LogP) is 5.06. The molecule has 4 atom stereocenters. The number of phenols is 1. The number of nitrogens with zero attached hydrogens (tertiary/aromatic N) is 1. The fourth-order valence-electron chi connectivity index (χ4n) is 6.32. The number of aliphatic hydroxyl groups is 1. The Hall–Kier alpha value is -0.950. The Morgan fingerprint density at radius 2 is 2.09 bits per heavy atom. The summed E-state index contributed by atoms with van der Waals surface area (Å²) in [6.45, 7) is 8.95. The number of fused-ring (bicyclic) bond motifs is 4. The van der Waals surface area contributed by atoms with Gasteiger partial charge in [-0.05, 0) is 70.0 Å². The van der Waals surface area contributed by atoms with Gasteiger partial charge < -0.3 is 19.1 Å². The van der Waals surface area contributed by atoms with Crippen molar-refractivity contribution in [3.8, 4) is 11.5 Å². The number of piperidine rings is 1. The van der Waals surface area contributed by atoms with E-state index in [1.807, 2.05) is 19.9 Å². The van der Waals surface area contributed by atoms with Gasteiger partial charge in [-0.25, -0.2) is 0 Å². The smallest absolute Gasteiger partial charge is 0.179 e. The van der Waals surface area contributed by atoms with Gasteiger partial charge in [-0.1, -0.05) is 32.3 Å². The molecule has 1 saturated carbocycles. The molecule has 4 rings (SSSR count). The summed E-state index contributed by atoms with van der Waals surface area (Å²) >= 11 is 1.32. The summed E-state index contributed by atoms with van der Waals surface area (Å²) < 4.78 is 11.2. The maximum atomic E-state index is 12.1. The number of rotatable bonds is 10. The van der Waals surface area contributed by atoms with Crippen LogP contribution in [0.5, 0.6) is 11.5 Å². The second-order valence-electron chi connectivity index (χ2n) is 10.5. The van der Waals surface area contributed by atoms with Crippen molar-refractivity contribution >= 4 is 12.0 Å². The van der Waals surface area contributed by atoms with Crippen molar-refractivity contribution in [2.75, 3.05) is 26.8 Å². The normalized spacial score (nSPS) is 31.1. The minimum atomic E-state index is -0.885. The molecule has 1 aromatic rings. The molecule has 0 radical (unpaired) electrons. The Morgan fingerprint density at radius 1 is 1.31 bits per heavy atom. The lowest BCUT2D eigenvalue weighted by Gasteiger charge is -2.61. The molecule has 6 heteroatoms. The van der Waals surface area contributed by atoms with E-state index in [-0.39, 0.29) is 17.0 Å². The van der Waals surface area contributed by atoms with Gasteiger partial charge in [0.25, 0.3) is 0 Å². The predicted molar refractivity (Wildman–Crippen MR) is 131 cm³/mol. The van der Waals surface area contributed by atoms with E-state index in [0.29, 0.717) is 12.4 Å². The van der Waals surface area contributed by atoms with E-state index < -0.39 is 11.0 Å². The van der Waals surface area contributed by atoms with Crippen LogP contribution in [0.3, 0.4) is 0 Å². The molecule has 1 aliphatic heterocycles. The maximum Gasteiger partial charge on any atom is 0.179 e. The summed E-state index contributed by atoms with van der Waals surface area (Å²) in [5, 5.41) is 23.7. The van der Waals surface area contributed by atoms with Crippen LogP contribution >= 0.6 is 12.0 Å². The molecule has 180 valence electrons. The fourth-order valence-corrected chi connectivity index (χ4v) is 6.91. The fraction of sp³-hybridized carbons (Fsp3) is 0.769. The molecule has 2 N–H and O–H groups in total. The minimum Gasteiger partial charge on any atom is -0.504 e. The van der Waals surface area contributed by atoms with Crippen molar-refractivity contribution in [1.82, 2.24) is 4.90 Å². The van der Waals surface area contributed by atoms with E-state index in [1.54, 1.807) is 7.11 Å². The van der Waals surface area contributed by atoms with E-state index >= 15 is 0 Å². The molecule has 2 fully saturated rings. The first-order valence-corrected chi connectivity index (χ1v) is 13.3. The average Bonchev–Trinajstić information content (AvgIpc) is 2.71.